The molecule has 23 heavy (non-hydrogen) atoms. The number of carboxylic acids is 1. The van der Waals surface area contributed by atoms with Gasteiger partial charge in [-0.2, -0.15) is 4.98 Å². The molecule has 0 spiro atoms. The Morgan fingerprint density at radius 3 is 3.00 bits per heavy atom. The first-order valence-corrected chi connectivity index (χ1v) is 7.52. The van der Waals surface area contributed by atoms with E-state index < -0.39 is 11.9 Å². The minimum atomic E-state index is -1.03. The van der Waals surface area contributed by atoms with Crippen molar-refractivity contribution in [3.8, 4) is 5.82 Å². The smallest absolute Gasteiger partial charge is 0.353 e. The third-order valence-corrected chi connectivity index (χ3v) is 3.78. The second-order valence-electron chi connectivity index (χ2n) is 4.17. The van der Waals surface area contributed by atoms with Crippen LogP contribution in [-0.2, 0) is 9.53 Å². The molecule has 2 rings (SSSR count). The number of nitrogens with zero attached hydrogens (tertiary/aromatic N) is 3. The molecule has 2 heterocycles. The van der Waals surface area contributed by atoms with E-state index in [4.69, 9.17) is 18.1 Å². The van der Waals surface area contributed by atoms with E-state index in [1.54, 1.807) is 18.3 Å². The summed E-state index contributed by atoms with van der Waals surface area (Å²) in [5, 5.41) is 8.93. The van der Waals surface area contributed by atoms with Crippen LogP contribution in [0.1, 0.15) is 10.4 Å². The van der Waals surface area contributed by atoms with Crippen molar-refractivity contribution in [2.24, 2.45) is 0 Å². The third-order valence-electron chi connectivity index (χ3n) is 2.60. The topological polar surface area (TPSA) is 119 Å². The average molecular weight is 357 g/mol. The number of methoxy groups -OCH3 is 1. The van der Waals surface area contributed by atoms with Crippen LogP contribution in [0.15, 0.2) is 29.7 Å². The van der Waals surface area contributed by atoms with Crippen molar-refractivity contribution in [3.63, 3.8) is 0 Å². The normalized spacial score (nSPS) is 10.8. The number of carboxylic acid groups (broad SMARTS) is 1. The number of esters is 1. The summed E-state index contributed by atoms with van der Waals surface area (Å²) in [5.41, 5.74) is 2.36. The molecule has 0 aliphatic heterocycles. The number of hydrogen-bond donors (Lipinski definition) is 2. The first-order chi connectivity index (χ1) is 11.5. The largest absolute Gasteiger partial charge is 0.481 e. The molecule has 2 aromatic heterocycles. The zero-order chi connectivity index (χ0) is 17.7. The Morgan fingerprint density at radius 2 is 2.35 bits per heavy atom. The van der Waals surface area contributed by atoms with Gasteiger partial charge in [0.15, 0.2) is 12.3 Å². The maximum absolute atomic E-state index is 11.6. The predicted molar refractivity (Wildman–Crippen MR) is 82.7 cm³/mol. The van der Waals surface area contributed by atoms with Gasteiger partial charge in [-0.05, 0) is 28.9 Å². The molecule has 0 aliphatic carbocycles. The lowest BCUT2D eigenvalue weighted by Crippen LogP contribution is -2.33. The van der Waals surface area contributed by atoms with Gasteiger partial charge >= 0.3 is 22.9 Å². The SMILES string of the molecule is [2H]Nc1nc(SCC(=O)O)nc(-[n+]2cccc(C(=O)OC)c2)c1Cl. The molecule has 120 valence electrons. The quantitative estimate of drug-likeness (QED) is 0.340. The Kier molecular flexibility index (Phi) is 4.89. The summed E-state index contributed by atoms with van der Waals surface area (Å²) in [6.07, 6.45) is 3.05. The van der Waals surface area contributed by atoms with Gasteiger partial charge in [-0.1, -0.05) is 11.6 Å². The van der Waals surface area contributed by atoms with Gasteiger partial charge in [0.1, 0.15) is 11.9 Å². The molecule has 0 amide bonds. The van der Waals surface area contributed by atoms with Crippen molar-refractivity contribution < 1.29 is 25.4 Å². The molecule has 0 atom stereocenters. The highest BCUT2D eigenvalue weighted by atomic mass is 35.5. The number of carbonyl (C=O) groups is 2. The van der Waals surface area contributed by atoms with Gasteiger partial charge in [0.2, 0.25) is 0 Å². The highest BCUT2D eigenvalue weighted by molar-refractivity contribution is 7.99. The Hall–Kier alpha value is -2.39. The van der Waals surface area contributed by atoms with Gasteiger partial charge in [-0.15, -0.1) is 0 Å². The fourth-order valence-corrected chi connectivity index (χ4v) is 2.36. The van der Waals surface area contributed by atoms with Gasteiger partial charge < -0.3 is 15.6 Å². The molecule has 0 saturated carbocycles. The Bertz CT molecular complexity index is 793. The summed E-state index contributed by atoms with van der Waals surface area (Å²) >= 11 is 7.06. The molecule has 8 nitrogen and oxygen atoms in total. The van der Waals surface area contributed by atoms with Crippen LogP contribution in [0.5, 0.6) is 0 Å². The summed E-state index contributed by atoms with van der Waals surface area (Å²) in [7, 11) is 1.26. The van der Waals surface area contributed by atoms with E-state index in [9.17, 15) is 9.59 Å². The van der Waals surface area contributed by atoms with E-state index in [-0.39, 0.29) is 33.1 Å². The molecule has 3 N–H and O–H groups in total. The number of nitrogen functional groups attached to an aromatic ring is 1. The van der Waals surface area contributed by atoms with E-state index in [2.05, 4.69) is 20.4 Å². The second-order valence-corrected chi connectivity index (χ2v) is 5.49. The molecule has 10 heteroatoms. The monoisotopic (exact) mass is 356 g/mol. The van der Waals surface area contributed by atoms with Crippen LogP contribution >= 0.6 is 23.4 Å². The number of rotatable bonds is 6. The zero-order valence-electron chi connectivity index (χ0n) is 12.8. The molecular formula is C13H12ClN4O4S+. The first-order valence-electron chi connectivity index (χ1n) is 6.66. The fraction of sp³-hybridized carbons (Fsp3) is 0.154. The van der Waals surface area contributed by atoms with E-state index in [0.717, 1.165) is 11.8 Å². The lowest BCUT2D eigenvalue weighted by molar-refractivity contribution is -0.600. The van der Waals surface area contributed by atoms with Crippen LogP contribution < -0.4 is 10.3 Å². The number of pyridine rings is 1. The number of halogens is 1. The Morgan fingerprint density at radius 1 is 1.57 bits per heavy atom. The summed E-state index contributed by atoms with van der Waals surface area (Å²) in [6.45, 7) is 0. The number of aliphatic carboxylic acids is 1. The minimum absolute atomic E-state index is 0.0190. The number of nitrogens with two attached hydrogens (primary N) is 1. The standard InChI is InChI=1S/C13H11ClN4O4S/c1-22-12(21)7-3-2-4-18(5-7)11-9(14)10(15)16-13(17-11)23-6-8(19)20/h2-5H,6H2,1H3,(H2-,15,16,17,19,20)/p+1/i/hD. The molecule has 0 radical (unpaired) electrons. The molecule has 0 unspecified atom stereocenters. The van der Waals surface area contributed by atoms with E-state index in [1.807, 2.05) is 0 Å². The molecule has 2 aromatic rings. The van der Waals surface area contributed by atoms with Crippen LogP contribution in [-0.4, -0.2) is 39.9 Å². The molecule has 0 bridgehead atoms. The first kappa shape index (κ1) is 15.5. The average Bonchev–Trinajstić information content (AvgIpc) is 2.60. The van der Waals surface area contributed by atoms with Crippen LogP contribution in [0.2, 0.25) is 6.43 Å². The van der Waals surface area contributed by atoms with Crippen molar-refractivity contribution in [2.45, 2.75) is 5.16 Å². The molecule has 0 saturated heterocycles. The van der Waals surface area contributed by atoms with Gasteiger partial charge in [0, 0.05) is 0 Å². The van der Waals surface area contributed by atoms with E-state index in [1.165, 1.54) is 17.9 Å². The van der Waals surface area contributed by atoms with Gasteiger partial charge in [-0.3, -0.25) is 4.79 Å². The van der Waals surface area contributed by atoms with Crippen LogP contribution in [0.4, 0.5) is 5.82 Å². The Labute approximate surface area is 141 Å². The fourth-order valence-electron chi connectivity index (χ4n) is 1.62. The highest BCUT2D eigenvalue weighted by Crippen LogP contribution is 2.24. The van der Waals surface area contributed by atoms with E-state index in [0.29, 0.717) is 0 Å². The Balaban J connectivity index is 2.50. The van der Waals surface area contributed by atoms with E-state index >= 15 is 0 Å². The van der Waals surface area contributed by atoms with Crippen molar-refractivity contribution in [3.05, 3.63) is 35.1 Å². The van der Waals surface area contributed by atoms with Crippen LogP contribution in [0.3, 0.4) is 0 Å². The summed E-state index contributed by atoms with van der Waals surface area (Å²) in [5.74, 6) is -1.59. The number of hydrogen-bond acceptors (Lipinski definition) is 7. The maximum Gasteiger partial charge on any atom is 0.353 e. The lowest BCUT2D eigenvalue weighted by Gasteiger charge is -2.03. The van der Waals surface area contributed by atoms with Crippen LogP contribution in [0, 0.1) is 0 Å². The maximum atomic E-state index is 11.6. The third kappa shape index (κ3) is 4.08. The minimum Gasteiger partial charge on any atom is -0.481 e. The van der Waals surface area contributed by atoms with Crippen LogP contribution in [0.25, 0.3) is 5.82 Å². The molecular weight excluding hydrogens is 344 g/mol. The number of ether oxygens (including phenoxy) is 1. The second kappa shape index (κ2) is 7.25. The number of anilines is 1. The van der Waals surface area contributed by atoms with Crippen molar-refractivity contribution in [1.29, 1.82) is 0 Å². The summed E-state index contributed by atoms with van der Waals surface area (Å²) in [6, 6.07) is 3.16. The van der Waals surface area contributed by atoms with Crippen molar-refractivity contribution in [1.82, 2.24) is 9.97 Å². The van der Waals surface area contributed by atoms with Crippen molar-refractivity contribution in [2.75, 3.05) is 18.6 Å². The summed E-state index contributed by atoms with van der Waals surface area (Å²) < 4.78 is 13.4. The van der Waals surface area contributed by atoms with Crippen molar-refractivity contribution >= 4 is 41.1 Å². The van der Waals surface area contributed by atoms with Gasteiger partial charge in [0.05, 0.1) is 18.9 Å². The zero-order valence-corrected chi connectivity index (χ0v) is 13.4. The van der Waals surface area contributed by atoms with Gasteiger partial charge in [-0.25, -0.2) is 9.36 Å². The number of carbonyl (C=O) groups excluding carboxylic acids is 1. The molecule has 0 aliphatic rings. The summed E-state index contributed by atoms with van der Waals surface area (Å²) in [4.78, 5) is 30.5. The van der Waals surface area contributed by atoms with Gasteiger partial charge in [0.25, 0.3) is 0 Å². The highest BCUT2D eigenvalue weighted by Gasteiger charge is 2.23. The number of aromatic nitrogens is 3. The number of thioether (sulfide) groups is 1. The predicted octanol–water partition coefficient (Wildman–Crippen LogP) is 0.952. The molecule has 0 fully saturated rings. The lowest BCUT2D eigenvalue weighted by atomic mass is 10.3. The molecule has 0 aromatic carbocycles.